The number of carbonyl (C=O) groups is 5. The highest BCUT2D eigenvalue weighted by Gasteiger charge is 2.66. The second-order valence-electron chi connectivity index (χ2n) is 10.9. The highest BCUT2D eigenvalue weighted by atomic mass is 19.1. The number of primary amides is 1. The summed E-state index contributed by atoms with van der Waals surface area (Å²) in [4.78, 5) is 71.0. The molecule has 13 heteroatoms. The predicted molar refractivity (Wildman–Crippen MR) is 144 cm³/mol. The van der Waals surface area contributed by atoms with Gasteiger partial charge < -0.3 is 31.9 Å². The Labute approximate surface area is 233 Å². The summed E-state index contributed by atoms with van der Waals surface area (Å²) in [6.45, 7) is 0. The second-order valence-corrected chi connectivity index (χ2v) is 10.9. The summed E-state index contributed by atoms with van der Waals surface area (Å²) in [6.07, 6.45) is -0.297. The SMILES string of the molecule is CN(C)c1cc(N=C(N)Nc2ccc(F)cc2)c(O)c2c1C[C@H]1C[C@H]3CC(=O)C(C(N)=O)C(=O)[C@@]3(O)C(=O)C1C2=O. The number of hydrogen-bond donors (Lipinski definition) is 5. The minimum atomic E-state index is -2.73. The van der Waals surface area contributed by atoms with Gasteiger partial charge in [-0.25, -0.2) is 9.38 Å². The van der Waals surface area contributed by atoms with Gasteiger partial charge in [-0.05, 0) is 54.7 Å². The van der Waals surface area contributed by atoms with E-state index in [2.05, 4.69) is 10.3 Å². The minimum Gasteiger partial charge on any atom is -0.505 e. The average molecular weight is 566 g/mol. The first-order valence-corrected chi connectivity index (χ1v) is 12.9. The van der Waals surface area contributed by atoms with Crippen molar-refractivity contribution in [3.63, 3.8) is 0 Å². The van der Waals surface area contributed by atoms with E-state index in [0.29, 0.717) is 16.9 Å². The highest BCUT2D eigenvalue weighted by Crippen LogP contribution is 2.52. The lowest BCUT2D eigenvalue weighted by Gasteiger charge is -2.48. The van der Waals surface area contributed by atoms with E-state index in [-0.39, 0.29) is 30.1 Å². The first-order valence-electron chi connectivity index (χ1n) is 12.9. The van der Waals surface area contributed by atoms with E-state index < -0.39 is 76.3 Å². The van der Waals surface area contributed by atoms with Gasteiger partial charge in [0.25, 0.3) is 0 Å². The highest BCUT2D eigenvalue weighted by molar-refractivity contribution is 6.31. The molecule has 0 radical (unpaired) electrons. The van der Waals surface area contributed by atoms with Crippen molar-refractivity contribution in [2.75, 3.05) is 24.3 Å². The van der Waals surface area contributed by atoms with Gasteiger partial charge in [0.05, 0.1) is 11.5 Å². The fraction of sp³-hybridized carbons (Fsp3) is 0.357. The molecule has 3 aliphatic rings. The van der Waals surface area contributed by atoms with Crippen molar-refractivity contribution in [3.05, 3.63) is 47.3 Å². The molecule has 0 bridgehead atoms. The third-order valence-corrected chi connectivity index (χ3v) is 8.20. The molecular formula is C28H28FN5O7. The van der Waals surface area contributed by atoms with Crippen molar-refractivity contribution in [1.82, 2.24) is 0 Å². The molecule has 1 amide bonds. The third-order valence-electron chi connectivity index (χ3n) is 8.20. The van der Waals surface area contributed by atoms with Gasteiger partial charge >= 0.3 is 0 Å². The van der Waals surface area contributed by atoms with E-state index in [9.17, 15) is 38.6 Å². The zero-order valence-corrected chi connectivity index (χ0v) is 22.2. The van der Waals surface area contributed by atoms with Crippen LogP contribution in [0, 0.1) is 29.5 Å². The molecule has 2 unspecified atom stereocenters. The molecule has 41 heavy (non-hydrogen) atoms. The number of fused-ring (bicyclic) bond motifs is 3. The molecule has 2 aromatic carbocycles. The number of phenolic OH excluding ortho intramolecular Hbond substituents is 1. The Morgan fingerprint density at radius 2 is 1.76 bits per heavy atom. The number of phenols is 1. The summed E-state index contributed by atoms with van der Waals surface area (Å²) >= 11 is 0. The number of nitrogens with one attached hydrogen (secondary N) is 1. The Hall–Kier alpha value is -4.65. The minimum absolute atomic E-state index is 0.0108. The molecule has 0 heterocycles. The molecule has 0 spiro atoms. The number of Topliss-reactive ketones (excluding diaryl/α,β-unsaturated/α-hetero) is 4. The summed E-state index contributed by atoms with van der Waals surface area (Å²) < 4.78 is 13.2. The molecule has 7 N–H and O–H groups in total. The van der Waals surface area contributed by atoms with Crippen LogP contribution < -0.4 is 21.7 Å². The van der Waals surface area contributed by atoms with Gasteiger partial charge in [-0.15, -0.1) is 0 Å². The molecule has 12 nitrogen and oxygen atoms in total. The van der Waals surface area contributed by atoms with Crippen LogP contribution in [0.2, 0.25) is 0 Å². The number of hydrogen-bond acceptors (Lipinski definition) is 9. The van der Waals surface area contributed by atoms with Crippen LogP contribution in [0.1, 0.15) is 28.8 Å². The maximum atomic E-state index is 13.9. The molecule has 3 aliphatic carbocycles. The van der Waals surface area contributed by atoms with E-state index in [1.807, 2.05) is 0 Å². The van der Waals surface area contributed by atoms with E-state index in [1.165, 1.54) is 30.3 Å². The van der Waals surface area contributed by atoms with E-state index in [0.717, 1.165) is 0 Å². The largest absolute Gasteiger partial charge is 0.505 e. The number of amides is 1. The molecule has 5 rings (SSSR count). The zero-order valence-electron chi connectivity index (χ0n) is 22.2. The lowest BCUT2D eigenvalue weighted by molar-refractivity contribution is -0.175. The fourth-order valence-corrected chi connectivity index (χ4v) is 6.32. The molecule has 0 saturated heterocycles. The molecule has 214 valence electrons. The lowest BCUT2D eigenvalue weighted by atomic mass is 9.53. The molecule has 0 aliphatic heterocycles. The van der Waals surface area contributed by atoms with Crippen molar-refractivity contribution in [1.29, 1.82) is 0 Å². The van der Waals surface area contributed by atoms with Crippen molar-refractivity contribution < 1.29 is 38.6 Å². The Kier molecular flexibility index (Phi) is 6.65. The van der Waals surface area contributed by atoms with E-state index in [4.69, 9.17) is 11.5 Å². The van der Waals surface area contributed by atoms with Gasteiger partial charge in [0.2, 0.25) is 5.91 Å². The Morgan fingerprint density at radius 3 is 2.37 bits per heavy atom. The Bertz CT molecular complexity index is 1550. The maximum Gasteiger partial charge on any atom is 0.235 e. The van der Waals surface area contributed by atoms with Crippen molar-refractivity contribution in [3.8, 4) is 5.75 Å². The number of anilines is 2. The van der Waals surface area contributed by atoms with Crippen LogP contribution in [-0.2, 0) is 25.6 Å². The number of halogens is 1. The predicted octanol–water partition coefficient (Wildman–Crippen LogP) is 0.590. The van der Waals surface area contributed by atoms with Crippen LogP contribution in [-0.4, -0.2) is 64.9 Å². The smallest absolute Gasteiger partial charge is 0.235 e. The normalized spacial score (nSPS) is 27.6. The number of aliphatic hydroxyl groups is 1. The van der Waals surface area contributed by atoms with Gasteiger partial charge in [0.1, 0.15) is 11.5 Å². The van der Waals surface area contributed by atoms with Crippen molar-refractivity contribution in [2.45, 2.75) is 24.9 Å². The number of benzene rings is 2. The van der Waals surface area contributed by atoms with Gasteiger partial charge in [-0.2, -0.15) is 0 Å². The van der Waals surface area contributed by atoms with Crippen LogP contribution in [0.5, 0.6) is 5.75 Å². The van der Waals surface area contributed by atoms with Gasteiger partial charge in [0.15, 0.2) is 46.4 Å². The number of nitrogens with zero attached hydrogens (tertiary/aromatic N) is 2. The number of ketones is 4. The van der Waals surface area contributed by atoms with Crippen LogP contribution >= 0.6 is 0 Å². The second kappa shape index (κ2) is 9.77. The first-order chi connectivity index (χ1) is 19.2. The topological polar surface area (TPSA) is 205 Å². The zero-order chi connectivity index (χ0) is 30.0. The first kappa shape index (κ1) is 27.9. The number of nitrogens with two attached hydrogens (primary N) is 2. The fourth-order valence-electron chi connectivity index (χ4n) is 6.32. The summed E-state index contributed by atoms with van der Waals surface area (Å²) in [5.41, 5.74) is 9.55. The number of carbonyl (C=O) groups excluding carboxylic acids is 5. The summed E-state index contributed by atoms with van der Waals surface area (Å²) in [5.74, 6) is -11.8. The summed E-state index contributed by atoms with van der Waals surface area (Å²) in [6, 6.07) is 6.80. The van der Waals surface area contributed by atoms with Crippen LogP contribution in [0.4, 0.5) is 21.5 Å². The standard InChI is InChI=1S/C28H28FN5O7/c1-34(2)17-10-16(33-27(31)32-14-5-3-13(29)4-6-14)22(36)20-15(17)8-11-7-12-9-18(35)21(26(30)40)25(39)28(12,41)24(38)19(11)23(20)37/h3-6,10-12,19,21,36,41H,7-9H2,1-2H3,(H2,30,40)(H3,31,32,33)/t11-,12+,19?,21?,28+/m1/s1. The van der Waals surface area contributed by atoms with Crippen LogP contribution in [0.3, 0.4) is 0 Å². The number of guanidine groups is 1. The third kappa shape index (κ3) is 4.32. The number of aromatic hydroxyl groups is 1. The molecule has 0 aromatic heterocycles. The summed E-state index contributed by atoms with van der Waals surface area (Å²) in [7, 11) is 3.42. The quantitative estimate of drug-likeness (QED) is 0.198. The van der Waals surface area contributed by atoms with E-state index >= 15 is 0 Å². The Morgan fingerprint density at radius 1 is 1.10 bits per heavy atom. The van der Waals surface area contributed by atoms with Gasteiger partial charge in [0, 0.05) is 37.8 Å². The summed E-state index contributed by atoms with van der Waals surface area (Å²) in [5, 5.41) is 25.3. The molecule has 2 aromatic rings. The van der Waals surface area contributed by atoms with E-state index in [1.54, 1.807) is 19.0 Å². The molecular weight excluding hydrogens is 537 g/mol. The maximum absolute atomic E-state index is 13.9. The molecule has 2 saturated carbocycles. The Balaban J connectivity index is 1.57. The monoisotopic (exact) mass is 565 g/mol. The number of rotatable bonds is 4. The number of aliphatic imine (C=N–C) groups is 1. The van der Waals surface area contributed by atoms with Crippen molar-refractivity contribution in [2.24, 2.45) is 40.1 Å². The van der Waals surface area contributed by atoms with Gasteiger partial charge in [-0.1, -0.05) is 0 Å². The average Bonchev–Trinajstić information content (AvgIpc) is 2.88. The molecule has 5 atom stereocenters. The van der Waals surface area contributed by atoms with Crippen molar-refractivity contribution >= 4 is 52.1 Å². The molecule has 2 fully saturated rings. The van der Waals surface area contributed by atoms with Crippen LogP contribution in [0.25, 0.3) is 0 Å². The lowest BCUT2D eigenvalue weighted by Crippen LogP contribution is -2.68. The van der Waals surface area contributed by atoms with Gasteiger partial charge in [-0.3, -0.25) is 24.0 Å². The van der Waals surface area contributed by atoms with Crippen LogP contribution in [0.15, 0.2) is 35.3 Å².